The fourth-order valence-corrected chi connectivity index (χ4v) is 3.23. The Morgan fingerprint density at radius 1 is 1.20 bits per heavy atom. The summed E-state index contributed by atoms with van der Waals surface area (Å²) >= 11 is 1.43. The van der Waals surface area contributed by atoms with Crippen LogP contribution in [0.2, 0.25) is 0 Å². The van der Waals surface area contributed by atoms with Crippen molar-refractivity contribution >= 4 is 23.2 Å². The van der Waals surface area contributed by atoms with Crippen molar-refractivity contribution in [2.24, 2.45) is 0 Å². The summed E-state index contributed by atoms with van der Waals surface area (Å²) in [6.45, 7) is 0. The molecule has 0 bridgehead atoms. The van der Waals surface area contributed by atoms with Crippen LogP contribution in [0.4, 0.5) is 0 Å². The number of amides is 1. The highest BCUT2D eigenvalue weighted by atomic mass is 32.1. The molecule has 0 spiro atoms. The number of carboxylic acid groups (broad SMARTS) is 1. The van der Waals surface area contributed by atoms with E-state index in [1.54, 1.807) is 20.3 Å². The van der Waals surface area contributed by atoms with Crippen LogP contribution in [-0.2, 0) is 16.0 Å². The van der Waals surface area contributed by atoms with Crippen molar-refractivity contribution in [3.05, 3.63) is 46.2 Å². The lowest BCUT2D eigenvalue weighted by Crippen LogP contribution is -2.29. The molecular formula is C18H21NO5S. The van der Waals surface area contributed by atoms with Crippen molar-refractivity contribution in [3.63, 3.8) is 0 Å². The number of benzene rings is 1. The Bertz CT molecular complexity index is 714. The third kappa shape index (κ3) is 5.49. The lowest BCUT2D eigenvalue weighted by atomic mass is 10.1. The molecule has 0 unspecified atom stereocenters. The Kier molecular flexibility index (Phi) is 6.82. The fraction of sp³-hybridized carbons (Fsp3) is 0.333. The third-order valence-electron chi connectivity index (χ3n) is 3.69. The zero-order valence-electron chi connectivity index (χ0n) is 14.2. The molecule has 0 aliphatic carbocycles. The molecule has 7 heteroatoms. The largest absolute Gasteiger partial charge is 0.493 e. The molecule has 1 heterocycles. The molecule has 1 atom stereocenters. The number of aliphatic carboxylic acids is 1. The third-order valence-corrected chi connectivity index (χ3v) is 4.68. The number of nitrogens with one attached hydrogen (secondary N) is 1. The summed E-state index contributed by atoms with van der Waals surface area (Å²) in [4.78, 5) is 24.1. The van der Waals surface area contributed by atoms with Crippen LogP contribution < -0.4 is 14.8 Å². The van der Waals surface area contributed by atoms with Gasteiger partial charge in [-0.25, -0.2) is 0 Å². The van der Waals surface area contributed by atoms with E-state index in [0.29, 0.717) is 17.9 Å². The van der Waals surface area contributed by atoms with Gasteiger partial charge in [-0.2, -0.15) is 0 Å². The van der Waals surface area contributed by atoms with Crippen LogP contribution in [0.25, 0.3) is 0 Å². The maximum atomic E-state index is 12.2. The van der Waals surface area contributed by atoms with Crippen molar-refractivity contribution in [1.82, 2.24) is 5.32 Å². The maximum Gasteiger partial charge on any atom is 0.305 e. The number of ether oxygens (including phenoxy) is 2. The van der Waals surface area contributed by atoms with Gasteiger partial charge in [0.15, 0.2) is 11.5 Å². The maximum absolute atomic E-state index is 12.2. The summed E-state index contributed by atoms with van der Waals surface area (Å²) in [6, 6.07) is 8.67. The fourth-order valence-electron chi connectivity index (χ4n) is 2.45. The molecule has 0 radical (unpaired) electrons. The molecule has 1 aromatic carbocycles. The number of carbonyl (C=O) groups is 2. The van der Waals surface area contributed by atoms with Gasteiger partial charge in [-0.15, -0.1) is 11.3 Å². The van der Waals surface area contributed by atoms with Gasteiger partial charge in [0.25, 0.3) is 0 Å². The summed E-state index contributed by atoms with van der Waals surface area (Å²) in [6.07, 6.45) is 0.649. The highest BCUT2D eigenvalue weighted by molar-refractivity contribution is 7.10. The smallest absolute Gasteiger partial charge is 0.305 e. The van der Waals surface area contributed by atoms with Crippen LogP contribution in [0.1, 0.15) is 29.3 Å². The number of carbonyl (C=O) groups excluding carboxylic acids is 1. The Morgan fingerprint density at radius 3 is 2.56 bits per heavy atom. The van der Waals surface area contributed by atoms with Crippen molar-refractivity contribution in [3.8, 4) is 11.5 Å². The van der Waals surface area contributed by atoms with Gasteiger partial charge in [0, 0.05) is 11.3 Å². The van der Waals surface area contributed by atoms with Gasteiger partial charge in [0.05, 0.1) is 26.7 Å². The molecule has 134 valence electrons. The minimum absolute atomic E-state index is 0.136. The van der Waals surface area contributed by atoms with Crippen LogP contribution in [0.15, 0.2) is 35.7 Å². The molecule has 0 aliphatic heterocycles. The van der Waals surface area contributed by atoms with Crippen molar-refractivity contribution in [2.45, 2.75) is 25.3 Å². The summed E-state index contributed by atoms with van der Waals surface area (Å²) in [5.41, 5.74) is 0.943. The van der Waals surface area contributed by atoms with E-state index >= 15 is 0 Å². The zero-order chi connectivity index (χ0) is 18.2. The first kappa shape index (κ1) is 18.8. The first-order valence-corrected chi connectivity index (χ1v) is 8.67. The summed E-state index contributed by atoms with van der Waals surface area (Å²) in [7, 11) is 3.13. The van der Waals surface area contributed by atoms with E-state index in [-0.39, 0.29) is 18.7 Å². The van der Waals surface area contributed by atoms with Crippen molar-refractivity contribution in [2.75, 3.05) is 14.2 Å². The number of carboxylic acids is 1. The van der Waals surface area contributed by atoms with E-state index in [1.807, 2.05) is 29.6 Å². The number of hydrogen-bond donors (Lipinski definition) is 2. The first-order chi connectivity index (χ1) is 12.0. The average Bonchev–Trinajstić information content (AvgIpc) is 3.13. The van der Waals surface area contributed by atoms with Gasteiger partial charge in [-0.1, -0.05) is 12.1 Å². The van der Waals surface area contributed by atoms with Gasteiger partial charge in [-0.3, -0.25) is 9.59 Å². The molecule has 1 aromatic heterocycles. The number of rotatable bonds is 9. The molecule has 6 nitrogen and oxygen atoms in total. The SMILES string of the molecule is COc1ccc(CCC(=O)N[C@H](CC(=O)O)c2cccs2)cc1OC. The summed E-state index contributed by atoms with van der Waals surface area (Å²) in [5.74, 6) is 0.116. The molecule has 2 N–H and O–H groups in total. The number of thiophene rings is 1. The lowest BCUT2D eigenvalue weighted by Gasteiger charge is -2.15. The highest BCUT2D eigenvalue weighted by Gasteiger charge is 2.19. The molecule has 0 saturated heterocycles. The first-order valence-electron chi connectivity index (χ1n) is 7.79. The van der Waals surface area contributed by atoms with Crippen LogP contribution in [0, 0.1) is 0 Å². The van der Waals surface area contributed by atoms with E-state index in [9.17, 15) is 9.59 Å². The second kappa shape index (κ2) is 9.08. The zero-order valence-corrected chi connectivity index (χ0v) is 15.0. The predicted molar refractivity (Wildman–Crippen MR) is 95.3 cm³/mol. The second-order valence-electron chi connectivity index (χ2n) is 5.42. The number of hydrogen-bond acceptors (Lipinski definition) is 5. The molecule has 1 amide bonds. The van der Waals surface area contributed by atoms with Crippen LogP contribution in [0.3, 0.4) is 0 Å². The van der Waals surface area contributed by atoms with Crippen molar-refractivity contribution in [1.29, 1.82) is 0 Å². The van der Waals surface area contributed by atoms with E-state index in [2.05, 4.69) is 5.32 Å². The molecule has 2 rings (SSSR count). The molecule has 0 fully saturated rings. The lowest BCUT2D eigenvalue weighted by molar-refractivity contribution is -0.137. The van der Waals surface area contributed by atoms with Crippen LogP contribution >= 0.6 is 11.3 Å². The standard InChI is InChI=1S/C18H21NO5S/c1-23-14-7-5-12(10-15(14)24-2)6-8-17(20)19-13(11-18(21)22)16-4-3-9-25-16/h3-5,7,9-10,13H,6,8,11H2,1-2H3,(H,19,20)(H,21,22)/t13-/m1/s1. The normalized spacial score (nSPS) is 11.6. The predicted octanol–water partition coefficient (Wildman–Crippen LogP) is 3.03. The van der Waals surface area contributed by atoms with E-state index in [1.165, 1.54) is 11.3 Å². The Morgan fingerprint density at radius 2 is 1.96 bits per heavy atom. The Labute approximate surface area is 150 Å². The van der Waals surface area contributed by atoms with Gasteiger partial charge >= 0.3 is 5.97 Å². The van der Waals surface area contributed by atoms with E-state index in [0.717, 1.165) is 10.4 Å². The topological polar surface area (TPSA) is 84.9 Å². The van der Waals surface area contributed by atoms with E-state index in [4.69, 9.17) is 14.6 Å². The van der Waals surface area contributed by atoms with Crippen molar-refractivity contribution < 1.29 is 24.2 Å². The summed E-state index contributed by atoms with van der Waals surface area (Å²) < 4.78 is 10.4. The molecule has 0 aliphatic rings. The molecular weight excluding hydrogens is 342 g/mol. The number of aryl methyl sites for hydroxylation is 1. The van der Waals surface area contributed by atoms with Crippen LogP contribution in [-0.4, -0.2) is 31.2 Å². The summed E-state index contributed by atoms with van der Waals surface area (Å²) in [5, 5.41) is 13.7. The van der Waals surface area contributed by atoms with E-state index < -0.39 is 12.0 Å². The van der Waals surface area contributed by atoms with Gasteiger partial charge in [0.1, 0.15) is 0 Å². The van der Waals surface area contributed by atoms with Gasteiger partial charge < -0.3 is 19.9 Å². The number of methoxy groups -OCH3 is 2. The minimum atomic E-state index is -0.946. The average molecular weight is 363 g/mol. The highest BCUT2D eigenvalue weighted by Crippen LogP contribution is 2.28. The second-order valence-corrected chi connectivity index (χ2v) is 6.40. The Balaban J connectivity index is 1.96. The minimum Gasteiger partial charge on any atom is -0.493 e. The van der Waals surface area contributed by atoms with Gasteiger partial charge in [-0.05, 0) is 35.6 Å². The quantitative estimate of drug-likeness (QED) is 0.715. The molecule has 2 aromatic rings. The van der Waals surface area contributed by atoms with Gasteiger partial charge in [0.2, 0.25) is 5.91 Å². The monoisotopic (exact) mass is 363 g/mol. The van der Waals surface area contributed by atoms with Crippen LogP contribution in [0.5, 0.6) is 11.5 Å². The molecule has 0 saturated carbocycles. The molecule has 25 heavy (non-hydrogen) atoms. The Hall–Kier alpha value is -2.54.